The van der Waals surface area contributed by atoms with Gasteiger partial charge in [-0.15, -0.1) is 0 Å². The van der Waals surface area contributed by atoms with Crippen LogP contribution in [0.4, 0.5) is 0 Å². The van der Waals surface area contributed by atoms with Crippen LogP contribution in [0.2, 0.25) is 0 Å². The summed E-state index contributed by atoms with van der Waals surface area (Å²) in [5.74, 6) is 0.966. The van der Waals surface area contributed by atoms with E-state index in [1.54, 1.807) is 6.26 Å². The smallest absolute Gasteiger partial charge is 0.105 e. The first kappa shape index (κ1) is 12.3. The van der Waals surface area contributed by atoms with Crippen molar-refractivity contribution in [2.75, 3.05) is 13.2 Å². The summed E-state index contributed by atoms with van der Waals surface area (Å²) in [4.78, 5) is 0. The van der Waals surface area contributed by atoms with E-state index < -0.39 is 0 Å². The number of nitrogens with one attached hydrogen (secondary N) is 1. The largest absolute Gasteiger partial charge is 0.469 e. The molecule has 0 radical (unpaired) electrons. The summed E-state index contributed by atoms with van der Waals surface area (Å²) >= 11 is 0. The van der Waals surface area contributed by atoms with Gasteiger partial charge in [-0.1, -0.05) is 6.92 Å². The Morgan fingerprint density at radius 3 is 2.67 bits per heavy atom. The molecule has 0 aliphatic carbocycles. The van der Waals surface area contributed by atoms with Crippen LogP contribution in [0.15, 0.2) is 16.7 Å². The maximum absolute atomic E-state index is 5.63. The number of likely N-dealkylation sites (N-methyl/N-ethyl adjacent to an activating group) is 1. The van der Waals surface area contributed by atoms with Gasteiger partial charge >= 0.3 is 0 Å². The maximum atomic E-state index is 5.63. The van der Waals surface area contributed by atoms with Crippen LogP contribution < -0.4 is 5.32 Å². The Labute approximate surface area is 91.8 Å². The van der Waals surface area contributed by atoms with E-state index >= 15 is 0 Å². The molecule has 0 fully saturated rings. The van der Waals surface area contributed by atoms with Crippen LogP contribution in [-0.2, 0) is 4.74 Å². The minimum absolute atomic E-state index is 0.233. The number of furan rings is 1. The zero-order chi connectivity index (χ0) is 11.3. The molecule has 1 N–H and O–H groups in total. The third kappa shape index (κ3) is 3.68. The number of hydrogen-bond donors (Lipinski definition) is 1. The minimum atomic E-state index is 0.233. The Morgan fingerprint density at radius 1 is 1.47 bits per heavy atom. The molecule has 3 nitrogen and oxygen atoms in total. The van der Waals surface area contributed by atoms with E-state index in [2.05, 4.69) is 12.2 Å². The van der Waals surface area contributed by atoms with E-state index in [0.717, 1.165) is 12.3 Å². The molecular formula is C12H21NO2. The molecule has 0 saturated carbocycles. The van der Waals surface area contributed by atoms with Crippen LogP contribution >= 0.6 is 0 Å². The van der Waals surface area contributed by atoms with Gasteiger partial charge in [0, 0.05) is 5.56 Å². The SMILES string of the molecule is CCNC(COC(C)C)c1ccoc1C. The highest BCUT2D eigenvalue weighted by Crippen LogP contribution is 2.19. The second-order valence-corrected chi connectivity index (χ2v) is 3.92. The summed E-state index contributed by atoms with van der Waals surface area (Å²) in [6, 6.07) is 2.24. The molecule has 1 heterocycles. The maximum Gasteiger partial charge on any atom is 0.105 e. The standard InChI is InChI=1S/C12H21NO2/c1-5-13-12(8-15-9(2)3)11-6-7-14-10(11)4/h6-7,9,12-13H,5,8H2,1-4H3. The number of rotatable bonds is 6. The second kappa shape index (κ2) is 5.93. The van der Waals surface area contributed by atoms with Crippen LogP contribution in [0.5, 0.6) is 0 Å². The van der Waals surface area contributed by atoms with Crippen molar-refractivity contribution in [1.29, 1.82) is 0 Å². The summed E-state index contributed by atoms with van der Waals surface area (Å²) in [6.07, 6.45) is 1.99. The molecule has 3 heteroatoms. The van der Waals surface area contributed by atoms with Gasteiger partial charge in [0.25, 0.3) is 0 Å². The minimum Gasteiger partial charge on any atom is -0.469 e. The van der Waals surface area contributed by atoms with E-state index in [0.29, 0.717) is 6.61 Å². The van der Waals surface area contributed by atoms with E-state index in [1.807, 2.05) is 26.8 Å². The van der Waals surface area contributed by atoms with Crippen molar-refractivity contribution in [2.45, 2.75) is 39.8 Å². The highest BCUT2D eigenvalue weighted by molar-refractivity contribution is 5.20. The van der Waals surface area contributed by atoms with Gasteiger partial charge in [0.1, 0.15) is 5.76 Å². The second-order valence-electron chi connectivity index (χ2n) is 3.92. The monoisotopic (exact) mass is 211 g/mol. The normalized spacial score (nSPS) is 13.4. The zero-order valence-electron chi connectivity index (χ0n) is 10.0. The van der Waals surface area contributed by atoms with Crippen molar-refractivity contribution in [1.82, 2.24) is 5.32 Å². The lowest BCUT2D eigenvalue weighted by molar-refractivity contribution is 0.0611. The molecule has 0 amide bonds. The first-order valence-corrected chi connectivity index (χ1v) is 5.54. The lowest BCUT2D eigenvalue weighted by Crippen LogP contribution is -2.26. The molecule has 15 heavy (non-hydrogen) atoms. The number of ether oxygens (including phenoxy) is 1. The Balaban J connectivity index is 2.61. The van der Waals surface area contributed by atoms with Gasteiger partial charge < -0.3 is 14.5 Å². The van der Waals surface area contributed by atoms with E-state index in [9.17, 15) is 0 Å². The van der Waals surface area contributed by atoms with Crippen molar-refractivity contribution in [2.24, 2.45) is 0 Å². The summed E-state index contributed by atoms with van der Waals surface area (Å²) in [5.41, 5.74) is 1.19. The van der Waals surface area contributed by atoms with Crippen molar-refractivity contribution < 1.29 is 9.15 Å². The highest BCUT2D eigenvalue weighted by atomic mass is 16.5. The van der Waals surface area contributed by atoms with E-state index in [1.165, 1.54) is 5.56 Å². The van der Waals surface area contributed by atoms with Gasteiger partial charge in [-0.25, -0.2) is 0 Å². The molecular weight excluding hydrogens is 190 g/mol. The third-order valence-electron chi connectivity index (χ3n) is 2.32. The van der Waals surface area contributed by atoms with Crippen LogP contribution in [0, 0.1) is 6.92 Å². The molecule has 0 bridgehead atoms. The molecule has 86 valence electrons. The molecule has 0 aliphatic heterocycles. The third-order valence-corrected chi connectivity index (χ3v) is 2.32. The average Bonchev–Trinajstić information content (AvgIpc) is 2.59. The number of hydrogen-bond acceptors (Lipinski definition) is 3. The highest BCUT2D eigenvalue weighted by Gasteiger charge is 2.15. The molecule has 1 aromatic heterocycles. The first-order chi connectivity index (χ1) is 7.15. The van der Waals surface area contributed by atoms with Gasteiger partial charge in [-0.3, -0.25) is 0 Å². The van der Waals surface area contributed by atoms with E-state index in [-0.39, 0.29) is 12.1 Å². The lowest BCUT2D eigenvalue weighted by atomic mass is 10.1. The van der Waals surface area contributed by atoms with Gasteiger partial charge in [0.2, 0.25) is 0 Å². The van der Waals surface area contributed by atoms with Crippen molar-refractivity contribution in [3.63, 3.8) is 0 Å². The summed E-state index contributed by atoms with van der Waals surface area (Å²) in [5, 5.41) is 3.40. The van der Waals surface area contributed by atoms with Crippen molar-refractivity contribution in [3.05, 3.63) is 23.7 Å². The lowest BCUT2D eigenvalue weighted by Gasteiger charge is -2.19. The van der Waals surface area contributed by atoms with Crippen LogP contribution in [0.25, 0.3) is 0 Å². The van der Waals surface area contributed by atoms with Gasteiger partial charge in [0.05, 0.1) is 25.0 Å². The van der Waals surface area contributed by atoms with E-state index in [4.69, 9.17) is 9.15 Å². The van der Waals surface area contributed by atoms with Gasteiger partial charge in [-0.2, -0.15) is 0 Å². The quantitative estimate of drug-likeness (QED) is 0.785. The first-order valence-electron chi connectivity index (χ1n) is 5.54. The average molecular weight is 211 g/mol. The molecule has 0 spiro atoms. The van der Waals surface area contributed by atoms with Crippen LogP contribution in [-0.4, -0.2) is 19.3 Å². The van der Waals surface area contributed by atoms with Crippen molar-refractivity contribution >= 4 is 0 Å². The zero-order valence-corrected chi connectivity index (χ0v) is 10.0. The topological polar surface area (TPSA) is 34.4 Å². The molecule has 0 aromatic carbocycles. The Bertz CT molecular complexity index is 281. The predicted octanol–water partition coefficient (Wildman–Crippen LogP) is 2.66. The van der Waals surface area contributed by atoms with Crippen LogP contribution in [0.1, 0.15) is 38.1 Å². The van der Waals surface area contributed by atoms with Gasteiger partial charge in [-0.05, 0) is 33.4 Å². The molecule has 0 saturated heterocycles. The Hall–Kier alpha value is -0.800. The van der Waals surface area contributed by atoms with Gasteiger partial charge in [0.15, 0.2) is 0 Å². The predicted molar refractivity (Wildman–Crippen MR) is 61.0 cm³/mol. The summed E-state index contributed by atoms with van der Waals surface area (Å²) in [7, 11) is 0. The summed E-state index contributed by atoms with van der Waals surface area (Å²) < 4.78 is 10.9. The van der Waals surface area contributed by atoms with Crippen LogP contribution in [0.3, 0.4) is 0 Å². The molecule has 0 aliphatic rings. The fourth-order valence-electron chi connectivity index (χ4n) is 1.55. The number of aryl methyl sites for hydroxylation is 1. The molecule has 1 rings (SSSR count). The molecule has 1 unspecified atom stereocenters. The fourth-order valence-corrected chi connectivity index (χ4v) is 1.55. The Kier molecular flexibility index (Phi) is 4.85. The summed E-state index contributed by atoms with van der Waals surface area (Å²) in [6.45, 7) is 9.78. The van der Waals surface area contributed by atoms with Crippen molar-refractivity contribution in [3.8, 4) is 0 Å². The Morgan fingerprint density at radius 2 is 2.20 bits per heavy atom. The molecule has 1 aromatic rings. The molecule has 1 atom stereocenters. The fraction of sp³-hybridized carbons (Fsp3) is 0.667.